The third-order valence-corrected chi connectivity index (χ3v) is 4.12. The lowest BCUT2D eigenvalue weighted by molar-refractivity contribution is 0.0966. The van der Waals surface area contributed by atoms with E-state index in [0.717, 1.165) is 49.3 Å². The first kappa shape index (κ1) is 14.2. The summed E-state index contributed by atoms with van der Waals surface area (Å²) >= 11 is 0. The van der Waals surface area contributed by atoms with Crippen LogP contribution in [0.4, 0.5) is 5.82 Å². The van der Waals surface area contributed by atoms with Crippen molar-refractivity contribution in [2.24, 2.45) is 11.8 Å². The number of anilines is 1. The molecule has 1 aromatic rings. The van der Waals surface area contributed by atoms with E-state index in [1.807, 2.05) is 18.2 Å². The molecule has 3 atom stereocenters. The van der Waals surface area contributed by atoms with Gasteiger partial charge in [0, 0.05) is 12.6 Å². The minimum atomic E-state index is 0.333. The molecule has 3 nitrogen and oxygen atoms in total. The van der Waals surface area contributed by atoms with E-state index in [0.29, 0.717) is 6.10 Å². The molecule has 3 heteroatoms. The van der Waals surface area contributed by atoms with Gasteiger partial charge in [0.25, 0.3) is 0 Å². The summed E-state index contributed by atoms with van der Waals surface area (Å²) in [5.74, 6) is 3.25. The summed E-state index contributed by atoms with van der Waals surface area (Å²) in [6.07, 6.45) is 5.00. The Bertz CT molecular complexity index is 394. The summed E-state index contributed by atoms with van der Waals surface area (Å²) in [4.78, 5) is 4.52. The number of pyridine rings is 1. The number of nitrogens with zero attached hydrogens (tertiary/aromatic N) is 1. The van der Waals surface area contributed by atoms with Gasteiger partial charge in [-0.15, -0.1) is 0 Å². The van der Waals surface area contributed by atoms with Gasteiger partial charge in [-0.05, 0) is 43.6 Å². The van der Waals surface area contributed by atoms with Gasteiger partial charge in [0.15, 0.2) is 0 Å². The molecule has 2 rings (SSSR count). The maximum Gasteiger partial charge on any atom is 0.215 e. The van der Waals surface area contributed by atoms with Crippen molar-refractivity contribution in [3.05, 3.63) is 18.2 Å². The van der Waals surface area contributed by atoms with Crippen LogP contribution in [0.3, 0.4) is 0 Å². The van der Waals surface area contributed by atoms with Crippen molar-refractivity contribution in [1.82, 2.24) is 4.98 Å². The van der Waals surface area contributed by atoms with Crippen LogP contribution < -0.4 is 10.1 Å². The standard InChI is InChI=1S/C16H26N2O/c1-4-10-17-15-6-5-7-16(18-15)19-14-9-8-12(2)13(3)11-14/h5-7,12-14H,4,8-11H2,1-3H3,(H,17,18). The molecule has 1 fully saturated rings. The van der Waals surface area contributed by atoms with E-state index >= 15 is 0 Å². The van der Waals surface area contributed by atoms with E-state index in [4.69, 9.17) is 4.74 Å². The lowest BCUT2D eigenvalue weighted by Gasteiger charge is -2.31. The van der Waals surface area contributed by atoms with Crippen molar-refractivity contribution in [3.63, 3.8) is 0 Å². The van der Waals surface area contributed by atoms with Gasteiger partial charge in [-0.25, -0.2) is 0 Å². The SMILES string of the molecule is CCCNc1cccc(OC2CCC(C)C(C)C2)n1. The normalized spacial score (nSPS) is 27.0. The Morgan fingerprint density at radius 2 is 2.11 bits per heavy atom. The topological polar surface area (TPSA) is 34.1 Å². The molecule has 1 heterocycles. The molecule has 3 unspecified atom stereocenters. The van der Waals surface area contributed by atoms with Crippen molar-refractivity contribution in [2.75, 3.05) is 11.9 Å². The molecular formula is C16H26N2O. The van der Waals surface area contributed by atoms with E-state index in [1.165, 1.54) is 6.42 Å². The van der Waals surface area contributed by atoms with E-state index in [1.54, 1.807) is 0 Å². The fourth-order valence-corrected chi connectivity index (χ4v) is 2.61. The van der Waals surface area contributed by atoms with Gasteiger partial charge in [0.1, 0.15) is 11.9 Å². The molecule has 19 heavy (non-hydrogen) atoms. The van der Waals surface area contributed by atoms with Crippen LogP contribution in [0, 0.1) is 11.8 Å². The average Bonchev–Trinajstić information content (AvgIpc) is 2.41. The van der Waals surface area contributed by atoms with E-state index in [2.05, 4.69) is 31.1 Å². The van der Waals surface area contributed by atoms with Crippen LogP contribution in [0.5, 0.6) is 5.88 Å². The van der Waals surface area contributed by atoms with Crippen LogP contribution in [0.15, 0.2) is 18.2 Å². The molecule has 1 aromatic heterocycles. The van der Waals surface area contributed by atoms with Gasteiger partial charge in [0.05, 0.1) is 0 Å². The van der Waals surface area contributed by atoms with Gasteiger partial charge in [-0.2, -0.15) is 4.98 Å². The number of nitrogens with one attached hydrogen (secondary N) is 1. The number of rotatable bonds is 5. The summed E-state index contributed by atoms with van der Waals surface area (Å²) in [6.45, 7) is 7.77. The first-order chi connectivity index (χ1) is 9.19. The van der Waals surface area contributed by atoms with Crippen LogP contribution in [0.1, 0.15) is 46.5 Å². The van der Waals surface area contributed by atoms with Gasteiger partial charge in [-0.3, -0.25) is 0 Å². The summed E-state index contributed by atoms with van der Waals surface area (Å²) in [5.41, 5.74) is 0. The predicted octanol–water partition coefficient (Wildman–Crippen LogP) is 4.11. The molecule has 1 aliphatic rings. The second-order valence-electron chi connectivity index (χ2n) is 5.80. The van der Waals surface area contributed by atoms with Crippen molar-refractivity contribution in [1.29, 1.82) is 0 Å². The number of hydrogen-bond donors (Lipinski definition) is 1. The van der Waals surface area contributed by atoms with Gasteiger partial charge in [0.2, 0.25) is 5.88 Å². The van der Waals surface area contributed by atoms with Gasteiger partial charge in [-0.1, -0.05) is 26.8 Å². The zero-order valence-corrected chi connectivity index (χ0v) is 12.4. The lowest BCUT2D eigenvalue weighted by atomic mass is 9.80. The van der Waals surface area contributed by atoms with Crippen molar-refractivity contribution in [3.8, 4) is 5.88 Å². The Kier molecular flexibility index (Phi) is 5.06. The Morgan fingerprint density at radius 3 is 2.84 bits per heavy atom. The Morgan fingerprint density at radius 1 is 1.26 bits per heavy atom. The molecule has 0 saturated heterocycles. The van der Waals surface area contributed by atoms with Crippen LogP contribution in [0.25, 0.3) is 0 Å². The van der Waals surface area contributed by atoms with Crippen LogP contribution in [-0.4, -0.2) is 17.6 Å². The first-order valence-electron chi connectivity index (χ1n) is 7.56. The quantitative estimate of drug-likeness (QED) is 0.867. The zero-order chi connectivity index (χ0) is 13.7. The van der Waals surface area contributed by atoms with Crippen LogP contribution in [0.2, 0.25) is 0 Å². The minimum Gasteiger partial charge on any atom is -0.474 e. The Balaban J connectivity index is 1.91. The number of ether oxygens (including phenoxy) is 1. The molecule has 0 aromatic carbocycles. The fraction of sp³-hybridized carbons (Fsp3) is 0.688. The van der Waals surface area contributed by atoms with Crippen molar-refractivity contribution >= 4 is 5.82 Å². The molecule has 106 valence electrons. The van der Waals surface area contributed by atoms with Crippen LogP contribution in [-0.2, 0) is 0 Å². The van der Waals surface area contributed by atoms with Gasteiger partial charge >= 0.3 is 0 Å². The summed E-state index contributed by atoms with van der Waals surface area (Å²) < 4.78 is 6.04. The molecular weight excluding hydrogens is 236 g/mol. The third kappa shape index (κ3) is 4.12. The highest BCUT2D eigenvalue weighted by atomic mass is 16.5. The second kappa shape index (κ2) is 6.78. The maximum atomic E-state index is 6.04. The zero-order valence-electron chi connectivity index (χ0n) is 12.4. The summed E-state index contributed by atoms with van der Waals surface area (Å²) in [7, 11) is 0. The van der Waals surface area contributed by atoms with E-state index in [-0.39, 0.29) is 0 Å². The average molecular weight is 262 g/mol. The molecule has 1 N–H and O–H groups in total. The molecule has 0 bridgehead atoms. The predicted molar refractivity (Wildman–Crippen MR) is 79.6 cm³/mol. The minimum absolute atomic E-state index is 0.333. The third-order valence-electron chi connectivity index (χ3n) is 4.12. The van der Waals surface area contributed by atoms with E-state index < -0.39 is 0 Å². The first-order valence-corrected chi connectivity index (χ1v) is 7.56. The number of aromatic nitrogens is 1. The van der Waals surface area contributed by atoms with Crippen LogP contribution >= 0.6 is 0 Å². The maximum absolute atomic E-state index is 6.04. The molecule has 0 amide bonds. The molecule has 1 aliphatic carbocycles. The molecule has 0 aliphatic heterocycles. The van der Waals surface area contributed by atoms with Gasteiger partial charge < -0.3 is 10.1 Å². The highest BCUT2D eigenvalue weighted by Gasteiger charge is 2.25. The lowest BCUT2D eigenvalue weighted by Crippen LogP contribution is -2.29. The fourth-order valence-electron chi connectivity index (χ4n) is 2.61. The highest BCUT2D eigenvalue weighted by molar-refractivity contribution is 5.36. The molecule has 0 spiro atoms. The number of hydrogen-bond acceptors (Lipinski definition) is 3. The molecule has 0 radical (unpaired) electrons. The summed E-state index contributed by atoms with van der Waals surface area (Å²) in [5, 5.41) is 3.30. The smallest absolute Gasteiger partial charge is 0.215 e. The second-order valence-corrected chi connectivity index (χ2v) is 5.80. The Hall–Kier alpha value is -1.25. The largest absolute Gasteiger partial charge is 0.474 e. The molecule has 1 saturated carbocycles. The van der Waals surface area contributed by atoms with E-state index in [9.17, 15) is 0 Å². The highest BCUT2D eigenvalue weighted by Crippen LogP contribution is 2.31. The van der Waals surface area contributed by atoms with Crippen molar-refractivity contribution in [2.45, 2.75) is 52.6 Å². The van der Waals surface area contributed by atoms with Crippen molar-refractivity contribution < 1.29 is 4.74 Å². The monoisotopic (exact) mass is 262 g/mol. The Labute approximate surface area is 116 Å². The summed E-state index contributed by atoms with van der Waals surface area (Å²) in [6, 6.07) is 5.96.